The Labute approximate surface area is 170 Å². The number of anilines is 1. The molecule has 3 heterocycles. The monoisotopic (exact) mass is 406 g/mol. The first-order valence-electron chi connectivity index (χ1n) is 9.13. The Hall–Kier alpha value is -3.39. The van der Waals surface area contributed by atoms with E-state index in [0.717, 1.165) is 21.3 Å². The average Bonchev–Trinajstić information content (AvgIpc) is 3.36. The predicted molar refractivity (Wildman–Crippen MR) is 111 cm³/mol. The maximum atomic E-state index is 12.6. The van der Waals surface area contributed by atoms with Gasteiger partial charge >= 0.3 is 0 Å². The molecule has 0 spiro atoms. The highest BCUT2D eigenvalue weighted by atomic mass is 32.1. The van der Waals surface area contributed by atoms with Crippen molar-refractivity contribution in [2.24, 2.45) is 0 Å². The van der Waals surface area contributed by atoms with Gasteiger partial charge < -0.3 is 14.8 Å². The van der Waals surface area contributed by atoms with Crippen molar-refractivity contribution in [2.75, 3.05) is 19.5 Å². The zero-order valence-electron chi connectivity index (χ0n) is 15.9. The van der Waals surface area contributed by atoms with Crippen LogP contribution >= 0.6 is 11.3 Å². The molecule has 0 radical (unpaired) electrons. The van der Waals surface area contributed by atoms with E-state index in [1.807, 2.05) is 42.5 Å². The van der Waals surface area contributed by atoms with E-state index >= 15 is 0 Å². The van der Waals surface area contributed by atoms with E-state index < -0.39 is 0 Å². The van der Waals surface area contributed by atoms with Gasteiger partial charge in [-0.3, -0.25) is 4.79 Å². The SMILES string of the molecule is COc1ccc(OC)c(C2CC(=O)Nc3c2cnn3-c2nc3ccccc3s2)c1. The minimum absolute atomic E-state index is 0.0739. The molecule has 2 aromatic heterocycles. The number of fused-ring (bicyclic) bond motifs is 2. The molecule has 1 N–H and O–H groups in total. The number of methoxy groups -OCH3 is 2. The van der Waals surface area contributed by atoms with E-state index in [-0.39, 0.29) is 11.8 Å². The number of para-hydroxylation sites is 1. The Kier molecular flexibility index (Phi) is 4.21. The number of hydrogen-bond donors (Lipinski definition) is 1. The summed E-state index contributed by atoms with van der Waals surface area (Å²) in [5.74, 6) is 1.81. The number of aromatic nitrogens is 3. The minimum Gasteiger partial charge on any atom is -0.497 e. The van der Waals surface area contributed by atoms with Gasteiger partial charge in [-0.25, -0.2) is 4.98 Å². The van der Waals surface area contributed by atoms with Crippen molar-refractivity contribution < 1.29 is 14.3 Å². The molecule has 0 saturated heterocycles. The Bertz CT molecular complexity index is 1200. The second-order valence-electron chi connectivity index (χ2n) is 6.74. The lowest BCUT2D eigenvalue weighted by Gasteiger charge is -2.25. The summed E-state index contributed by atoms with van der Waals surface area (Å²) in [5, 5.41) is 8.24. The maximum absolute atomic E-state index is 12.6. The van der Waals surface area contributed by atoms with E-state index in [4.69, 9.17) is 9.47 Å². The standard InChI is InChI=1S/C21H18N4O3S/c1-27-12-7-8-17(28-2)14(9-12)13-10-19(26)24-20-15(13)11-22-25(20)21-23-16-5-3-4-6-18(16)29-21/h3-9,11,13H,10H2,1-2H3,(H,24,26). The van der Waals surface area contributed by atoms with Crippen LogP contribution in [0.3, 0.4) is 0 Å². The van der Waals surface area contributed by atoms with E-state index in [0.29, 0.717) is 28.9 Å². The van der Waals surface area contributed by atoms with E-state index in [9.17, 15) is 4.79 Å². The van der Waals surface area contributed by atoms with Gasteiger partial charge in [-0.05, 0) is 30.3 Å². The second kappa shape index (κ2) is 6.89. The lowest BCUT2D eigenvalue weighted by Crippen LogP contribution is -2.24. The highest BCUT2D eigenvalue weighted by molar-refractivity contribution is 7.20. The van der Waals surface area contributed by atoms with Gasteiger partial charge in [0.1, 0.15) is 17.3 Å². The number of ether oxygens (including phenoxy) is 2. The Morgan fingerprint density at radius 3 is 2.79 bits per heavy atom. The van der Waals surface area contributed by atoms with Gasteiger partial charge in [-0.15, -0.1) is 0 Å². The lowest BCUT2D eigenvalue weighted by molar-refractivity contribution is -0.116. The summed E-state index contributed by atoms with van der Waals surface area (Å²) in [5.41, 5.74) is 2.73. The molecule has 2 aromatic carbocycles. The van der Waals surface area contributed by atoms with Crippen LogP contribution in [0, 0.1) is 0 Å². The fourth-order valence-corrected chi connectivity index (χ4v) is 4.64. The highest BCUT2D eigenvalue weighted by Crippen LogP contribution is 2.43. The molecule has 1 amide bonds. The number of nitrogens with zero attached hydrogens (tertiary/aromatic N) is 3. The van der Waals surface area contributed by atoms with Crippen molar-refractivity contribution in [1.82, 2.24) is 14.8 Å². The third kappa shape index (κ3) is 2.92. The summed E-state index contributed by atoms with van der Waals surface area (Å²) in [6.45, 7) is 0. The van der Waals surface area contributed by atoms with Crippen molar-refractivity contribution in [3.05, 3.63) is 59.8 Å². The molecule has 7 nitrogen and oxygen atoms in total. The predicted octanol–water partition coefficient (Wildman–Crippen LogP) is 3.97. The van der Waals surface area contributed by atoms with Crippen LogP contribution in [0.15, 0.2) is 48.7 Å². The molecule has 146 valence electrons. The van der Waals surface area contributed by atoms with Gasteiger partial charge in [0.15, 0.2) is 0 Å². The van der Waals surface area contributed by atoms with Gasteiger partial charge in [-0.2, -0.15) is 9.78 Å². The van der Waals surface area contributed by atoms with Gasteiger partial charge in [0.05, 0.1) is 30.6 Å². The van der Waals surface area contributed by atoms with Crippen LogP contribution < -0.4 is 14.8 Å². The van der Waals surface area contributed by atoms with E-state index in [1.54, 1.807) is 25.1 Å². The molecule has 1 aliphatic rings. The van der Waals surface area contributed by atoms with Crippen molar-refractivity contribution in [2.45, 2.75) is 12.3 Å². The highest BCUT2D eigenvalue weighted by Gasteiger charge is 2.33. The molecular weight excluding hydrogens is 388 g/mol. The van der Waals surface area contributed by atoms with Crippen molar-refractivity contribution >= 4 is 33.3 Å². The van der Waals surface area contributed by atoms with Crippen LogP contribution in [0.4, 0.5) is 5.82 Å². The number of thiazole rings is 1. The fourth-order valence-electron chi connectivity index (χ4n) is 3.70. The number of hydrogen-bond acceptors (Lipinski definition) is 6. The zero-order valence-corrected chi connectivity index (χ0v) is 16.7. The topological polar surface area (TPSA) is 78.3 Å². The summed E-state index contributed by atoms with van der Waals surface area (Å²) in [6.07, 6.45) is 2.10. The van der Waals surface area contributed by atoms with Crippen LogP contribution in [-0.4, -0.2) is 34.9 Å². The Morgan fingerprint density at radius 1 is 1.14 bits per heavy atom. The molecule has 0 fully saturated rings. The third-order valence-electron chi connectivity index (χ3n) is 5.10. The molecule has 0 bridgehead atoms. The molecule has 1 atom stereocenters. The lowest BCUT2D eigenvalue weighted by atomic mass is 9.86. The average molecular weight is 406 g/mol. The van der Waals surface area contributed by atoms with Crippen molar-refractivity contribution in [1.29, 1.82) is 0 Å². The molecular formula is C21H18N4O3S. The summed E-state index contributed by atoms with van der Waals surface area (Å²) >= 11 is 1.53. The van der Waals surface area contributed by atoms with Crippen molar-refractivity contribution in [3.8, 4) is 16.6 Å². The summed E-state index contributed by atoms with van der Waals surface area (Å²) in [4.78, 5) is 17.2. The first-order valence-corrected chi connectivity index (χ1v) is 9.95. The van der Waals surface area contributed by atoms with Crippen LogP contribution in [-0.2, 0) is 4.79 Å². The van der Waals surface area contributed by atoms with Crippen LogP contribution in [0.1, 0.15) is 23.5 Å². The third-order valence-corrected chi connectivity index (χ3v) is 6.11. The quantitative estimate of drug-likeness (QED) is 0.555. The molecule has 1 aliphatic heterocycles. The largest absolute Gasteiger partial charge is 0.497 e. The first-order chi connectivity index (χ1) is 14.2. The molecule has 8 heteroatoms. The minimum atomic E-state index is -0.188. The normalized spacial score (nSPS) is 15.8. The number of amides is 1. The van der Waals surface area contributed by atoms with Crippen LogP contribution in [0.25, 0.3) is 15.3 Å². The molecule has 1 unspecified atom stereocenters. The second-order valence-corrected chi connectivity index (χ2v) is 7.75. The van der Waals surface area contributed by atoms with Gasteiger partial charge in [0.25, 0.3) is 0 Å². The molecule has 0 saturated carbocycles. The van der Waals surface area contributed by atoms with E-state index in [1.165, 1.54) is 11.3 Å². The number of benzene rings is 2. The number of nitrogens with one attached hydrogen (secondary N) is 1. The van der Waals surface area contributed by atoms with Crippen LogP contribution in [0.2, 0.25) is 0 Å². The molecule has 29 heavy (non-hydrogen) atoms. The fraction of sp³-hybridized carbons (Fsp3) is 0.190. The first kappa shape index (κ1) is 17.7. The number of carbonyl (C=O) groups is 1. The van der Waals surface area contributed by atoms with Crippen LogP contribution in [0.5, 0.6) is 11.5 Å². The zero-order chi connectivity index (χ0) is 20.0. The Morgan fingerprint density at radius 2 is 2.00 bits per heavy atom. The molecule has 0 aliphatic carbocycles. The van der Waals surface area contributed by atoms with Gasteiger partial charge in [-0.1, -0.05) is 23.5 Å². The number of carbonyl (C=O) groups excluding carboxylic acids is 1. The smallest absolute Gasteiger partial charge is 0.226 e. The summed E-state index contributed by atoms with van der Waals surface area (Å²) < 4.78 is 13.7. The summed E-state index contributed by atoms with van der Waals surface area (Å²) in [7, 11) is 3.25. The Balaban J connectivity index is 1.64. The van der Waals surface area contributed by atoms with Crippen molar-refractivity contribution in [3.63, 3.8) is 0 Å². The maximum Gasteiger partial charge on any atom is 0.226 e. The molecule has 4 aromatic rings. The van der Waals surface area contributed by atoms with Gasteiger partial charge in [0.2, 0.25) is 11.0 Å². The van der Waals surface area contributed by atoms with E-state index in [2.05, 4.69) is 15.4 Å². The summed E-state index contributed by atoms with van der Waals surface area (Å²) in [6, 6.07) is 13.5. The molecule has 5 rings (SSSR count). The number of rotatable bonds is 4. The van der Waals surface area contributed by atoms with Gasteiger partial charge in [0, 0.05) is 23.5 Å².